The van der Waals surface area contributed by atoms with Crippen LogP contribution in [0.4, 0.5) is 0 Å². The van der Waals surface area contributed by atoms with Crippen LogP contribution >= 0.6 is 0 Å². The summed E-state index contributed by atoms with van der Waals surface area (Å²) in [5.41, 5.74) is 1.46. The van der Waals surface area contributed by atoms with Crippen molar-refractivity contribution in [3.8, 4) is 0 Å². The molecule has 4 heteroatoms. The average molecular weight is 131 g/mol. The van der Waals surface area contributed by atoms with Crippen LogP contribution in [0.15, 0.2) is 18.7 Å². The second-order valence-corrected chi connectivity index (χ2v) is 1.76. The summed E-state index contributed by atoms with van der Waals surface area (Å²) < 4.78 is 0. The molecule has 0 amide bonds. The molecule has 0 N–H and O–H groups in total. The molecule has 4 nitrogen and oxygen atoms in total. The van der Waals surface area contributed by atoms with Gasteiger partial charge in [-0.2, -0.15) is 0 Å². The Labute approximate surface area is 57.0 Å². The summed E-state index contributed by atoms with van der Waals surface area (Å²) in [6.07, 6.45) is 7.15. The monoisotopic (exact) mass is 131 g/mol. The molecule has 0 fully saturated rings. The fourth-order valence-electron chi connectivity index (χ4n) is 0.690. The van der Waals surface area contributed by atoms with Gasteiger partial charge >= 0.3 is 6.33 Å². The summed E-state index contributed by atoms with van der Waals surface area (Å²) in [5, 5.41) is 0. The molecular formula is C6H3N4+. The zero-order chi connectivity index (χ0) is 6.81. The summed E-state index contributed by atoms with van der Waals surface area (Å²) in [5.74, 6) is 0. The van der Waals surface area contributed by atoms with Crippen LogP contribution in [0, 0.1) is 6.33 Å². The van der Waals surface area contributed by atoms with Crippen molar-refractivity contribution in [1.82, 2.24) is 15.0 Å². The van der Waals surface area contributed by atoms with Gasteiger partial charge in [0.1, 0.15) is 6.33 Å². The van der Waals surface area contributed by atoms with Gasteiger partial charge in [0.2, 0.25) is 0 Å². The van der Waals surface area contributed by atoms with E-state index in [0.717, 1.165) is 11.0 Å². The third-order valence-electron chi connectivity index (χ3n) is 1.14. The van der Waals surface area contributed by atoms with Crippen LogP contribution in [-0.4, -0.2) is 15.0 Å². The van der Waals surface area contributed by atoms with Crippen molar-refractivity contribution in [2.75, 3.05) is 0 Å². The van der Waals surface area contributed by atoms with Crippen LogP contribution < -0.4 is 4.98 Å². The first-order chi connectivity index (χ1) is 4.97. The molecule has 0 spiro atoms. The molecule has 46 valence electrons. The second kappa shape index (κ2) is 1.88. The van der Waals surface area contributed by atoms with Crippen LogP contribution in [0.1, 0.15) is 0 Å². The van der Waals surface area contributed by atoms with Gasteiger partial charge in [-0.1, -0.05) is 0 Å². The second-order valence-electron chi connectivity index (χ2n) is 1.76. The third kappa shape index (κ3) is 0.650. The van der Waals surface area contributed by atoms with Crippen molar-refractivity contribution in [3.63, 3.8) is 0 Å². The molecule has 0 unspecified atom stereocenters. The molecule has 0 aliphatic carbocycles. The minimum Gasteiger partial charge on any atom is -0.239 e. The maximum absolute atomic E-state index is 3.93. The van der Waals surface area contributed by atoms with Gasteiger partial charge < -0.3 is 0 Å². The van der Waals surface area contributed by atoms with E-state index < -0.39 is 0 Å². The van der Waals surface area contributed by atoms with E-state index in [4.69, 9.17) is 0 Å². The standard InChI is InChI=1S/C6H3N4/c1-5-6(10-3-7-1)2-8-4-9-5/h1-3H/q+1. The van der Waals surface area contributed by atoms with E-state index >= 15 is 0 Å². The minimum atomic E-state index is 0.720. The highest BCUT2D eigenvalue weighted by atomic mass is 14.9. The molecule has 0 aliphatic heterocycles. The summed E-state index contributed by atoms with van der Waals surface area (Å²) in [6.45, 7) is 0. The lowest BCUT2D eigenvalue weighted by molar-refractivity contribution is -0.262. The Morgan fingerprint density at radius 3 is 3.30 bits per heavy atom. The summed E-state index contributed by atoms with van der Waals surface area (Å²) >= 11 is 0. The van der Waals surface area contributed by atoms with Crippen LogP contribution in [0.2, 0.25) is 0 Å². The summed E-state index contributed by atoms with van der Waals surface area (Å²) in [4.78, 5) is 15.2. The first-order valence-electron chi connectivity index (χ1n) is 2.75. The molecule has 0 saturated heterocycles. The fourth-order valence-corrected chi connectivity index (χ4v) is 0.690. The van der Waals surface area contributed by atoms with Crippen LogP contribution in [0.3, 0.4) is 0 Å². The zero-order valence-electron chi connectivity index (χ0n) is 5.02. The predicted octanol–water partition coefficient (Wildman–Crippen LogP) is -0.575. The lowest BCUT2D eigenvalue weighted by Gasteiger charge is -1.78. The van der Waals surface area contributed by atoms with Gasteiger partial charge in [-0.25, -0.2) is 9.97 Å². The molecule has 0 bridgehead atoms. The minimum absolute atomic E-state index is 0.720. The number of nitrogens with zero attached hydrogens (tertiary/aromatic N) is 4. The molecule has 0 saturated carbocycles. The van der Waals surface area contributed by atoms with Crippen LogP contribution in [0.25, 0.3) is 11.0 Å². The number of aromatic nitrogens is 4. The Balaban J connectivity index is 2.89. The molecule has 2 aromatic rings. The third-order valence-corrected chi connectivity index (χ3v) is 1.14. The first-order valence-corrected chi connectivity index (χ1v) is 2.75. The molecule has 0 atom stereocenters. The van der Waals surface area contributed by atoms with Crippen molar-refractivity contribution in [3.05, 3.63) is 25.0 Å². The van der Waals surface area contributed by atoms with Crippen molar-refractivity contribution < 1.29 is 4.98 Å². The largest absolute Gasteiger partial charge is 0.429 e. The van der Waals surface area contributed by atoms with Gasteiger partial charge in [-0.3, -0.25) is 0 Å². The number of hydrogen-bond acceptors (Lipinski definition) is 3. The molecule has 10 heavy (non-hydrogen) atoms. The maximum atomic E-state index is 3.93. The predicted molar refractivity (Wildman–Crippen MR) is 31.8 cm³/mol. The Morgan fingerprint density at radius 2 is 2.40 bits per heavy atom. The maximum Gasteiger partial charge on any atom is 0.429 e. The lowest BCUT2D eigenvalue weighted by atomic mass is 10.5. The van der Waals surface area contributed by atoms with Gasteiger partial charge in [-0.15, -0.1) is 4.98 Å². The van der Waals surface area contributed by atoms with Crippen LogP contribution in [-0.2, 0) is 0 Å². The molecule has 2 rings (SSSR count). The highest BCUT2D eigenvalue weighted by Crippen LogP contribution is 1.95. The first kappa shape index (κ1) is 5.06. The molecular weight excluding hydrogens is 128 g/mol. The Bertz CT molecular complexity index is 281. The molecule has 0 aliphatic rings. The average Bonchev–Trinajstić information content (AvgIpc) is 2.05. The summed E-state index contributed by atoms with van der Waals surface area (Å²) in [7, 11) is 0. The molecule has 2 aromatic heterocycles. The summed E-state index contributed by atoms with van der Waals surface area (Å²) in [6, 6.07) is 0. The Morgan fingerprint density at radius 1 is 1.40 bits per heavy atom. The van der Waals surface area contributed by atoms with E-state index in [9.17, 15) is 0 Å². The zero-order valence-corrected chi connectivity index (χ0v) is 5.02. The van der Waals surface area contributed by atoms with Gasteiger partial charge in [0.25, 0.3) is 5.52 Å². The number of fused-ring (bicyclic) bond motifs is 1. The van der Waals surface area contributed by atoms with Gasteiger partial charge in [0.15, 0.2) is 11.7 Å². The number of hydrogen-bond donors (Lipinski definition) is 0. The van der Waals surface area contributed by atoms with E-state index in [1.54, 1.807) is 12.4 Å². The van der Waals surface area contributed by atoms with E-state index in [1.165, 1.54) is 6.33 Å². The smallest absolute Gasteiger partial charge is 0.239 e. The van der Waals surface area contributed by atoms with Crippen molar-refractivity contribution in [2.24, 2.45) is 0 Å². The number of rotatable bonds is 0. The quantitative estimate of drug-likeness (QED) is 0.480. The highest BCUT2D eigenvalue weighted by molar-refractivity contribution is 5.66. The topological polar surface area (TPSA) is 52.8 Å². The Kier molecular flexibility index (Phi) is 0.952. The molecule has 0 aromatic carbocycles. The lowest BCUT2D eigenvalue weighted by Crippen LogP contribution is -1.95. The Hall–Kier alpha value is -1.76. The molecule has 0 radical (unpaired) electrons. The normalized spacial score (nSPS) is 9.20. The van der Waals surface area contributed by atoms with Crippen molar-refractivity contribution in [1.29, 1.82) is 0 Å². The van der Waals surface area contributed by atoms with E-state index in [1.807, 2.05) is 0 Å². The van der Waals surface area contributed by atoms with Crippen molar-refractivity contribution in [2.45, 2.75) is 0 Å². The van der Waals surface area contributed by atoms with E-state index in [0.29, 0.717) is 0 Å². The van der Waals surface area contributed by atoms with Crippen molar-refractivity contribution >= 4 is 11.0 Å². The van der Waals surface area contributed by atoms with Gasteiger partial charge in [0, 0.05) is 4.98 Å². The highest BCUT2D eigenvalue weighted by Gasteiger charge is 1.98. The van der Waals surface area contributed by atoms with Gasteiger partial charge in [0.05, 0.1) is 6.20 Å². The molecule has 2 heterocycles. The van der Waals surface area contributed by atoms with Gasteiger partial charge in [-0.05, 0) is 0 Å². The van der Waals surface area contributed by atoms with E-state index in [-0.39, 0.29) is 0 Å². The SMILES string of the molecule is c1ncc2ncncc2[n+]#1. The fraction of sp³-hybridized carbons (Fsp3) is 0. The van der Waals surface area contributed by atoms with Crippen LogP contribution in [0.5, 0.6) is 0 Å². The van der Waals surface area contributed by atoms with E-state index in [2.05, 4.69) is 26.3 Å².